The van der Waals surface area contributed by atoms with E-state index in [4.69, 9.17) is 15.6 Å². The van der Waals surface area contributed by atoms with Crippen molar-refractivity contribution in [2.45, 2.75) is 44.9 Å². The smallest absolute Gasteiger partial charge is 0.224 e. The van der Waals surface area contributed by atoms with Crippen molar-refractivity contribution in [3.63, 3.8) is 0 Å². The van der Waals surface area contributed by atoms with Gasteiger partial charge in [-0.2, -0.15) is 0 Å². The Morgan fingerprint density at radius 3 is 2.69 bits per heavy atom. The fourth-order valence-electron chi connectivity index (χ4n) is 1.85. The highest BCUT2D eigenvalue weighted by Crippen LogP contribution is 2.14. The van der Waals surface area contributed by atoms with Gasteiger partial charge in [-0.25, -0.2) is 0 Å². The van der Waals surface area contributed by atoms with Crippen LogP contribution >= 0.6 is 0 Å². The topological polar surface area (TPSA) is 75.8 Å². The fraction of sp³-hybridized carbons (Fsp3) is 0.909. The molecule has 2 atom stereocenters. The molecule has 1 rings (SSSR count). The molecule has 1 heterocycles. The summed E-state index contributed by atoms with van der Waals surface area (Å²) in [5.41, 5.74) is 5.32. The summed E-state index contributed by atoms with van der Waals surface area (Å²) in [5.74, 6) is 0.0288. The van der Waals surface area contributed by atoms with Gasteiger partial charge in [0.25, 0.3) is 0 Å². The van der Waals surface area contributed by atoms with Gasteiger partial charge in [0.05, 0.1) is 18.8 Å². The number of hydrogen-bond donors (Lipinski definition) is 2. The molecule has 0 aromatic rings. The highest BCUT2D eigenvalue weighted by Gasteiger charge is 2.29. The predicted octanol–water partition coefficient (Wildman–Crippen LogP) is -0.278. The minimum Gasteiger partial charge on any atom is -0.394 e. The van der Waals surface area contributed by atoms with Crippen molar-refractivity contribution in [2.24, 2.45) is 5.73 Å². The van der Waals surface area contributed by atoms with Crippen molar-refractivity contribution < 1.29 is 14.6 Å². The van der Waals surface area contributed by atoms with E-state index in [1.54, 1.807) is 4.90 Å². The van der Waals surface area contributed by atoms with Gasteiger partial charge in [0.1, 0.15) is 0 Å². The third-order valence-electron chi connectivity index (χ3n) is 2.49. The Morgan fingerprint density at radius 1 is 1.56 bits per heavy atom. The number of ether oxygens (including phenoxy) is 1. The van der Waals surface area contributed by atoms with Crippen LogP contribution in [0.15, 0.2) is 0 Å². The van der Waals surface area contributed by atoms with Crippen molar-refractivity contribution in [3.05, 3.63) is 0 Å². The van der Waals surface area contributed by atoms with Crippen LogP contribution in [0.5, 0.6) is 0 Å². The maximum Gasteiger partial charge on any atom is 0.224 e. The molecule has 5 heteroatoms. The summed E-state index contributed by atoms with van der Waals surface area (Å²) in [5, 5.41) is 9.05. The van der Waals surface area contributed by atoms with E-state index in [0.717, 1.165) is 0 Å². The summed E-state index contributed by atoms with van der Waals surface area (Å²) < 4.78 is 5.47. The summed E-state index contributed by atoms with van der Waals surface area (Å²) in [7, 11) is 0. The van der Waals surface area contributed by atoms with Crippen LogP contribution in [0.25, 0.3) is 0 Å². The standard InChI is InChI=1S/C11H22N2O3/c1-8-5-13(6-9(7-14)16-8)10(15)4-11(2,3)12/h8-9,14H,4-7,12H2,1-3H3. The monoisotopic (exact) mass is 230 g/mol. The first-order valence-corrected chi connectivity index (χ1v) is 5.65. The molecule has 5 nitrogen and oxygen atoms in total. The van der Waals surface area contributed by atoms with E-state index in [0.29, 0.717) is 19.5 Å². The van der Waals surface area contributed by atoms with Crippen LogP contribution in [0.3, 0.4) is 0 Å². The molecule has 0 spiro atoms. The van der Waals surface area contributed by atoms with Crippen molar-refractivity contribution in [2.75, 3.05) is 19.7 Å². The number of carbonyl (C=O) groups is 1. The van der Waals surface area contributed by atoms with Gasteiger partial charge in [0.2, 0.25) is 5.91 Å². The summed E-state index contributed by atoms with van der Waals surface area (Å²) in [4.78, 5) is 13.7. The van der Waals surface area contributed by atoms with Gasteiger partial charge in [0.15, 0.2) is 0 Å². The number of rotatable bonds is 3. The van der Waals surface area contributed by atoms with Crippen LogP contribution in [0.2, 0.25) is 0 Å². The van der Waals surface area contributed by atoms with E-state index in [2.05, 4.69) is 0 Å². The second-order valence-corrected chi connectivity index (χ2v) is 5.22. The largest absolute Gasteiger partial charge is 0.394 e. The molecule has 1 fully saturated rings. The minimum absolute atomic E-state index is 0.0288. The van der Waals surface area contributed by atoms with E-state index < -0.39 is 5.54 Å². The Labute approximate surface area is 96.6 Å². The summed E-state index contributed by atoms with van der Waals surface area (Å²) >= 11 is 0. The highest BCUT2D eigenvalue weighted by atomic mass is 16.5. The Bertz CT molecular complexity index is 250. The third kappa shape index (κ3) is 4.08. The molecule has 3 N–H and O–H groups in total. The van der Waals surface area contributed by atoms with Gasteiger partial charge in [-0.1, -0.05) is 0 Å². The number of aliphatic hydroxyl groups is 1. The van der Waals surface area contributed by atoms with E-state index in [9.17, 15) is 4.79 Å². The quantitative estimate of drug-likeness (QED) is 0.699. The molecule has 1 aliphatic rings. The maximum atomic E-state index is 11.9. The first-order valence-electron chi connectivity index (χ1n) is 5.65. The average Bonchev–Trinajstić information content (AvgIpc) is 2.14. The molecule has 0 bridgehead atoms. The van der Waals surface area contributed by atoms with Crippen LogP contribution < -0.4 is 5.73 Å². The highest BCUT2D eigenvalue weighted by molar-refractivity contribution is 5.77. The van der Waals surface area contributed by atoms with Gasteiger partial charge in [0, 0.05) is 25.0 Å². The summed E-state index contributed by atoms with van der Waals surface area (Å²) in [6.45, 7) is 6.54. The second-order valence-electron chi connectivity index (χ2n) is 5.22. The van der Waals surface area contributed by atoms with Crippen LogP contribution in [0.1, 0.15) is 27.2 Å². The zero-order valence-electron chi connectivity index (χ0n) is 10.3. The molecule has 0 aliphatic carbocycles. The van der Waals surface area contributed by atoms with E-state index in [1.165, 1.54) is 0 Å². The van der Waals surface area contributed by atoms with Gasteiger partial charge in [-0.3, -0.25) is 4.79 Å². The fourth-order valence-corrected chi connectivity index (χ4v) is 1.85. The van der Waals surface area contributed by atoms with Crippen LogP contribution in [-0.4, -0.2) is 53.4 Å². The Hall–Kier alpha value is -0.650. The SMILES string of the molecule is CC1CN(C(=O)CC(C)(C)N)CC(CO)O1. The minimum atomic E-state index is -0.493. The van der Waals surface area contributed by atoms with Crippen molar-refractivity contribution in [1.29, 1.82) is 0 Å². The summed E-state index contributed by atoms with van der Waals surface area (Å²) in [6, 6.07) is 0. The van der Waals surface area contributed by atoms with Crippen molar-refractivity contribution in [1.82, 2.24) is 4.90 Å². The van der Waals surface area contributed by atoms with Gasteiger partial charge in [-0.15, -0.1) is 0 Å². The number of nitrogens with zero attached hydrogens (tertiary/aromatic N) is 1. The zero-order chi connectivity index (χ0) is 12.3. The molecule has 16 heavy (non-hydrogen) atoms. The zero-order valence-corrected chi connectivity index (χ0v) is 10.3. The van der Waals surface area contributed by atoms with E-state index in [1.807, 2.05) is 20.8 Å². The van der Waals surface area contributed by atoms with Crippen molar-refractivity contribution >= 4 is 5.91 Å². The summed E-state index contributed by atoms with van der Waals surface area (Å²) in [6.07, 6.45) is 0.0158. The van der Waals surface area contributed by atoms with Gasteiger partial charge < -0.3 is 20.5 Å². The first-order chi connectivity index (χ1) is 7.31. The lowest BCUT2D eigenvalue weighted by atomic mass is 10.0. The lowest BCUT2D eigenvalue weighted by molar-refractivity contribution is -0.148. The number of morpholine rings is 1. The first kappa shape index (κ1) is 13.4. The Balaban J connectivity index is 2.55. The molecule has 0 aromatic heterocycles. The molecular weight excluding hydrogens is 208 g/mol. The lowest BCUT2D eigenvalue weighted by Crippen LogP contribution is -2.52. The molecule has 0 radical (unpaired) electrons. The molecule has 0 aromatic carbocycles. The molecule has 2 unspecified atom stereocenters. The number of carbonyl (C=O) groups excluding carboxylic acids is 1. The van der Waals surface area contributed by atoms with Crippen LogP contribution in [-0.2, 0) is 9.53 Å². The number of aliphatic hydroxyl groups excluding tert-OH is 1. The lowest BCUT2D eigenvalue weighted by Gasteiger charge is -2.37. The van der Waals surface area contributed by atoms with Crippen LogP contribution in [0.4, 0.5) is 0 Å². The normalized spacial score (nSPS) is 26.9. The van der Waals surface area contributed by atoms with E-state index >= 15 is 0 Å². The Kier molecular flexibility index (Phi) is 4.29. The third-order valence-corrected chi connectivity index (χ3v) is 2.49. The van der Waals surface area contributed by atoms with Gasteiger partial charge >= 0.3 is 0 Å². The number of nitrogens with two attached hydrogens (primary N) is 1. The Morgan fingerprint density at radius 2 is 2.19 bits per heavy atom. The molecule has 94 valence electrons. The number of hydrogen-bond acceptors (Lipinski definition) is 4. The molecule has 1 aliphatic heterocycles. The molecule has 1 saturated heterocycles. The number of amides is 1. The predicted molar refractivity (Wildman–Crippen MR) is 60.9 cm³/mol. The molecular formula is C11H22N2O3. The molecule has 1 amide bonds. The maximum absolute atomic E-state index is 11.9. The molecule has 0 saturated carbocycles. The van der Waals surface area contributed by atoms with E-state index in [-0.39, 0.29) is 24.7 Å². The van der Waals surface area contributed by atoms with Gasteiger partial charge in [-0.05, 0) is 20.8 Å². The average molecular weight is 230 g/mol. The van der Waals surface area contributed by atoms with Crippen LogP contribution in [0, 0.1) is 0 Å². The second kappa shape index (κ2) is 5.12. The van der Waals surface area contributed by atoms with Crippen molar-refractivity contribution in [3.8, 4) is 0 Å².